The molecule has 1 atom stereocenters. The van der Waals surface area contributed by atoms with Gasteiger partial charge in [0.1, 0.15) is 17.5 Å². The number of rotatable bonds is 3. The van der Waals surface area contributed by atoms with Crippen LogP contribution in [0.5, 0.6) is 5.75 Å². The number of nitrogens with zero attached hydrogens (tertiary/aromatic N) is 2. The molecule has 1 aromatic carbocycles. The van der Waals surface area contributed by atoms with Crippen LogP contribution in [0.2, 0.25) is 0 Å². The van der Waals surface area contributed by atoms with Crippen molar-refractivity contribution in [1.29, 1.82) is 5.26 Å². The maximum absolute atomic E-state index is 8.75. The second-order valence-electron chi connectivity index (χ2n) is 4.81. The molecule has 100 valence electrons. The molecule has 0 radical (unpaired) electrons. The van der Waals surface area contributed by atoms with Crippen molar-refractivity contribution in [2.75, 3.05) is 12.4 Å². The van der Waals surface area contributed by atoms with Gasteiger partial charge in [0, 0.05) is 0 Å². The van der Waals surface area contributed by atoms with Gasteiger partial charge in [-0.3, -0.25) is 0 Å². The molecule has 0 aliphatic heterocycles. The third kappa shape index (κ3) is 2.19. The quantitative estimate of drug-likeness (QED) is 0.926. The van der Waals surface area contributed by atoms with E-state index in [4.69, 9.17) is 10.00 Å². The van der Waals surface area contributed by atoms with E-state index in [-0.39, 0.29) is 6.04 Å². The Hall–Kier alpha value is -2.54. The third-order valence-electron chi connectivity index (χ3n) is 3.67. The average Bonchev–Trinajstić information content (AvgIpc) is 2.91. The number of methoxy groups -OCH3 is 1. The highest BCUT2D eigenvalue weighted by Crippen LogP contribution is 2.38. The summed E-state index contributed by atoms with van der Waals surface area (Å²) in [5.74, 6) is 0.963. The molecule has 4 nitrogen and oxygen atoms in total. The van der Waals surface area contributed by atoms with Crippen LogP contribution in [-0.4, -0.2) is 12.1 Å². The SMILES string of the molecule is COc1cccc2c1CC[C@@H]2Nc1ccc(C#N)nc1. The lowest BCUT2D eigenvalue weighted by molar-refractivity contribution is 0.410. The van der Waals surface area contributed by atoms with Gasteiger partial charge >= 0.3 is 0 Å². The molecule has 0 unspecified atom stereocenters. The van der Waals surface area contributed by atoms with Crippen LogP contribution in [0.4, 0.5) is 5.69 Å². The molecule has 0 fully saturated rings. The summed E-state index contributed by atoms with van der Waals surface area (Å²) in [6.07, 6.45) is 3.76. The molecule has 1 aliphatic rings. The van der Waals surface area contributed by atoms with Crippen LogP contribution >= 0.6 is 0 Å². The van der Waals surface area contributed by atoms with Gasteiger partial charge in [-0.25, -0.2) is 4.98 Å². The van der Waals surface area contributed by atoms with Crippen LogP contribution in [0, 0.1) is 11.3 Å². The van der Waals surface area contributed by atoms with Crippen LogP contribution in [0.15, 0.2) is 36.5 Å². The fourth-order valence-electron chi connectivity index (χ4n) is 2.71. The molecule has 1 heterocycles. The zero-order chi connectivity index (χ0) is 13.9. The van der Waals surface area contributed by atoms with E-state index < -0.39 is 0 Å². The highest BCUT2D eigenvalue weighted by atomic mass is 16.5. The molecule has 4 heteroatoms. The Kier molecular flexibility index (Phi) is 3.26. The van der Waals surface area contributed by atoms with Gasteiger partial charge in [0.25, 0.3) is 0 Å². The van der Waals surface area contributed by atoms with Crippen LogP contribution in [-0.2, 0) is 6.42 Å². The summed E-state index contributed by atoms with van der Waals surface area (Å²) >= 11 is 0. The summed E-state index contributed by atoms with van der Waals surface area (Å²) in [6.45, 7) is 0. The van der Waals surface area contributed by atoms with E-state index in [0.717, 1.165) is 24.3 Å². The fraction of sp³-hybridized carbons (Fsp3) is 0.250. The number of fused-ring (bicyclic) bond motifs is 1. The summed E-state index contributed by atoms with van der Waals surface area (Å²) in [5, 5.41) is 12.2. The minimum absolute atomic E-state index is 0.273. The van der Waals surface area contributed by atoms with Crippen molar-refractivity contribution < 1.29 is 4.74 Å². The van der Waals surface area contributed by atoms with Crippen LogP contribution in [0.1, 0.15) is 29.3 Å². The molecule has 0 saturated carbocycles. The zero-order valence-corrected chi connectivity index (χ0v) is 11.3. The smallest absolute Gasteiger partial charge is 0.140 e. The second-order valence-corrected chi connectivity index (χ2v) is 4.81. The van der Waals surface area contributed by atoms with E-state index in [0.29, 0.717) is 5.69 Å². The molecule has 0 amide bonds. The molecular weight excluding hydrogens is 250 g/mol. The Labute approximate surface area is 118 Å². The maximum Gasteiger partial charge on any atom is 0.140 e. The molecule has 1 aromatic heterocycles. The molecular formula is C16H15N3O. The first-order valence-corrected chi connectivity index (χ1v) is 6.60. The van der Waals surface area contributed by atoms with E-state index in [1.807, 2.05) is 24.3 Å². The van der Waals surface area contributed by atoms with Crippen molar-refractivity contribution in [2.24, 2.45) is 0 Å². The number of anilines is 1. The van der Waals surface area contributed by atoms with Crippen LogP contribution < -0.4 is 10.1 Å². The van der Waals surface area contributed by atoms with Gasteiger partial charge in [-0.05, 0) is 42.2 Å². The number of nitrogens with one attached hydrogen (secondary N) is 1. The third-order valence-corrected chi connectivity index (χ3v) is 3.67. The molecule has 0 spiro atoms. The van der Waals surface area contributed by atoms with Gasteiger partial charge in [0.15, 0.2) is 0 Å². The Morgan fingerprint density at radius 3 is 2.95 bits per heavy atom. The maximum atomic E-state index is 8.75. The van der Waals surface area contributed by atoms with Gasteiger partial charge in [-0.1, -0.05) is 12.1 Å². The Balaban J connectivity index is 1.83. The van der Waals surface area contributed by atoms with Crippen molar-refractivity contribution in [3.8, 4) is 11.8 Å². The number of nitriles is 1. The first kappa shape index (κ1) is 12.5. The molecule has 3 rings (SSSR count). The van der Waals surface area contributed by atoms with Crippen molar-refractivity contribution in [3.63, 3.8) is 0 Å². The Bertz CT molecular complexity index is 658. The van der Waals surface area contributed by atoms with Gasteiger partial charge in [-0.2, -0.15) is 5.26 Å². The first-order valence-electron chi connectivity index (χ1n) is 6.60. The standard InChI is InChI=1S/C16H15N3O/c1-20-16-4-2-3-13-14(16)7-8-15(13)19-12-6-5-11(9-17)18-10-12/h2-6,10,15,19H,7-8H2,1H3/t15-/m0/s1. The van der Waals surface area contributed by atoms with Gasteiger partial charge in [-0.15, -0.1) is 0 Å². The predicted octanol–water partition coefficient (Wildman–Crippen LogP) is 3.06. The topological polar surface area (TPSA) is 57.9 Å². The van der Waals surface area contributed by atoms with Crippen molar-refractivity contribution in [2.45, 2.75) is 18.9 Å². The van der Waals surface area contributed by atoms with E-state index in [9.17, 15) is 0 Å². The lowest BCUT2D eigenvalue weighted by atomic mass is 10.1. The van der Waals surface area contributed by atoms with Gasteiger partial charge in [0.2, 0.25) is 0 Å². The first-order chi connectivity index (χ1) is 9.81. The Morgan fingerprint density at radius 1 is 1.35 bits per heavy atom. The predicted molar refractivity (Wildman–Crippen MR) is 76.6 cm³/mol. The molecule has 0 bridgehead atoms. The number of ether oxygens (including phenoxy) is 1. The van der Waals surface area contributed by atoms with E-state index in [1.54, 1.807) is 19.4 Å². The average molecular weight is 265 g/mol. The number of hydrogen-bond acceptors (Lipinski definition) is 4. The van der Waals surface area contributed by atoms with Crippen molar-refractivity contribution >= 4 is 5.69 Å². The normalized spacial score (nSPS) is 16.3. The minimum atomic E-state index is 0.273. The minimum Gasteiger partial charge on any atom is -0.496 e. The lowest BCUT2D eigenvalue weighted by Crippen LogP contribution is -2.07. The molecule has 20 heavy (non-hydrogen) atoms. The number of aromatic nitrogens is 1. The summed E-state index contributed by atoms with van der Waals surface area (Å²) in [6, 6.07) is 12.1. The highest BCUT2D eigenvalue weighted by Gasteiger charge is 2.24. The van der Waals surface area contributed by atoms with E-state index in [2.05, 4.69) is 16.4 Å². The molecule has 1 aliphatic carbocycles. The lowest BCUT2D eigenvalue weighted by Gasteiger charge is -2.15. The van der Waals surface area contributed by atoms with Crippen LogP contribution in [0.25, 0.3) is 0 Å². The van der Waals surface area contributed by atoms with Gasteiger partial charge in [0.05, 0.1) is 25.0 Å². The number of pyridine rings is 1. The van der Waals surface area contributed by atoms with Crippen molar-refractivity contribution in [3.05, 3.63) is 53.3 Å². The number of benzene rings is 1. The van der Waals surface area contributed by atoms with E-state index in [1.165, 1.54) is 11.1 Å². The molecule has 1 N–H and O–H groups in total. The Morgan fingerprint density at radius 2 is 2.25 bits per heavy atom. The highest BCUT2D eigenvalue weighted by molar-refractivity contribution is 5.51. The summed E-state index contributed by atoms with van der Waals surface area (Å²) in [5.41, 5.74) is 3.94. The fourth-order valence-corrected chi connectivity index (χ4v) is 2.71. The number of hydrogen-bond donors (Lipinski definition) is 1. The van der Waals surface area contributed by atoms with E-state index >= 15 is 0 Å². The molecule has 2 aromatic rings. The summed E-state index contributed by atoms with van der Waals surface area (Å²) < 4.78 is 5.41. The second kappa shape index (κ2) is 5.22. The van der Waals surface area contributed by atoms with Gasteiger partial charge < -0.3 is 10.1 Å². The zero-order valence-electron chi connectivity index (χ0n) is 11.3. The van der Waals surface area contributed by atoms with Crippen molar-refractivity contribution in [1.82, 2.24) is 4.98 Å². The molecule has 0 saturated heterocycles. The largest absolute Gasteiger partial charge is 0.496 e. The monoisotopic (exact) mass is 265 g/mol. The summed E-state index contributed by atoms with van der Waals surface area (Å²) in [7, 11) is 1.71. The summed E-state index contributed by atoms with van der Waals surface area (Å²) in [4.78, 5) is 4.08. The van der Waals surface area contributed by atoms with Crippen LogP contribution in [0.3, 0.4) is 0 Å².